The number of hydrogen-bond donors (Lipinski definition) is 0. The van der Waals surface area contributed by atoms with Crippen molar-refractivity contribution in [2.24, 2.45) is 5.92 Å². The molecule has 0 saturated heterocycles. The summed E-state index contributed by atoms with van der Waals surface area (Å²) in [6, 6.07) is 7.18. The first-order valence-electron chi connectivity index (χ1n) is 5.59. The number of nitrogens with zero attached hydrogens (tertiary/aromatic N) is 1. The summed E-state index contributed by atoms with van der Waals surface area (Å²) in [5.74, 6) is 0.344. The highest BCUT2D eigenvalue weighted by Gasteiger charge is 2.20. The fourth-order valence-electron chi connectivity index (χ4n) is 1.52. The van der Waals surface area contributed by atoms with Gasteiger partial charge in [-0.05, 0) is 23.6 Å². The van der Waals surface area contributed by atoms with Crippen LogP contribution in [0.4, 0.5) is 0 Å². The molecule has 1 atom stereocenters. The van der Waals surface area contributed by atoms with Gasteiger partial charge in [-0.15, -0.1) is 11.6 Å². The van der Waals surface area contributed by atoms with Crippen molar-refractivity contribution in [1.29, 1.82) is 0 Å². The quantitative estimate of drug-likeness (QED) is 0.758. The van der Waals surface area contributed by atoms with Gasteiger partial charge in [0.25, 0.3) is 0 Å². The summed E-state index contributed by atoms with van der Waals surface area (Å²) < 4.78 is 25.4. The van der Waals surface area contributed by atoms with Crippen LogP contribution in [-0.4, -0.2) is 31.4 Å². The van der Waals surface area contributed by atoms with Gasteiger partial charge in [-0.2, -0.15) is 0 Å². The molecule has 1 rings (SSSR count). The molecule has 0 aliphatic rings. The van der Waals surface area contributed by atoms with Crippen LogP contribution in [0, 0.1) is 5.92 Å². The van der Waals surface area contributed by atoms with Gasteiger partial charge in [0.2, 0.25) is 10.0 Å². The third kappa shape index (κ3) is 4.76. The van der Waals surface area contributed by atoms with Crippen molar-refractivity contribution in [1.82, 2.24) is 4.31 Å². The standard InChI is InChI=1S/C12H17Cl2NO2S/c1-10(7-13)9-18(16,17)15(2)8-11-4-3-5-12(14)6-11/h3-6,10H,7-9H2,1-2H3. The Bertz CT molecular complexity index is 491. The minimum Gasteiger partial charge on any atom is -0.212 e. The molecular weight excluding hydrogens is 293 g/mol. The highest BCUT2D eigenvalue weighted by atomic mass is 35.5. The van der Waals surface area contributed by atoms with E-state index in [1.165, 1.54) is 4.31 Å². The van der Waals surface area contributed by atoms with E-state index in [4.69, 9.17) is 23.2 Å². The minimum atomic E-state index is -3.28. The molecule has 0 spiro atoms. The Morgan fingerprint density at radius 1 is 1.39 bits per heavy atom. The number of halogens is 2. The monoisotopic (exact) mass is 309 g/mol. The van der Waals surface area contributed by atoms with Crippen molar-refractivity contribution in [3.8, 4) is 0 Å². The van der Waals surface area contributed by atoms with E-state index in [1.807, 2.05) is 13.0 Å². The van der Waals surface area contributed by atoms with Crippen LogP contribution in [-0.2, 0) is 16.6 Å². The Labute approximate surface area is 119 Å². The topological polar surface area (TPSA) is 37.4 Å². The zero-order valence-electron chi connectivity index (χ0n) is 10.4. The molecule has 0 heterocycles. The lowest BCUT2D eigenvalue weighted by Gasteiger charge is -2.19. The van der Waals surface area contributed by atoms with E-state index in [0.29, 0.717) is 17.4 Å². The van der Waals surface area contributed by atoms with Gasteiger partial charge in [-0.25, -0.2) is 12.7 Å². The molecule has 102 valence electrons. The molecule has 3 nitrogen and oxygen atoms in total. The Kier molecular flexibility index (Phi) is 5.92. The zero-order chi connectivity index (χ0) is 13.8. The van der Waals surface area contributed by atoms with Gasteiger partial charge < -0.3 is 0 Å². The average Bonchev–Trinajstić information content (AvgIpc) is 2.28. The van der Waals surface area contributed by atoms with Crippen LogP contribution in [0.15, 0.2) is 24.3 Å². The highest BCUT2D eigenvalue weighted by molar-refractivity contribution is 7.89. The second-order valence-corrected chi connectivity index (χ2v) is 7.29. The molecular formula is C12H17Cl2NO2S. The molecule has 18 heavy (non-hydrogen) atoms. The predicted molar refractivity (Wildman–Crippen MR) is 76.6 cm³/mol. The largest absolute Gasteiger partial charge is 0.214 e. The molecule has 0 aromatic heterocycles. The molecule has 0 N–H and O–H groups in total. The van der Waals surface area contributed by atoms with E-state index < -0.39 is 10.0 Å². The maximum atomic E-state index is 12.0. The third-order valence-corrected chi connectivity index (χ3v) is 5.36. The molecule has 1 aromatic carbocycles. The summed E-state index contributed by atoms with van der Waals surface area (Å²) >= 11 is 11.5. The van der Waals surface area contributed by atoms with E-state index in [0.717, 1.165) is 5.56 Å². The van der Waals surface area contributed by atoms with Crippen molar-refractivity contribution in [2.75, 3.05) is 18.7 Å². The fourth-order valence-corrected chi connectivity index (χ4v) is 3.41. The number of rotatable bonds is 6. The maximum absolute atomic E-state index is 12.0. The summed E-state index contributed by atoms with van der Waals surface area (Å²) in [5, 5.41) is 0.604. The van der Waals surface area contributed by atoms with Gasteiger partial charge in [0, 0.05) is 24.5 Å². The van der Waals surface area contributed by atoms with Crippen molar-refractivity contribution < 1.29 is 8.42 Å². The normalized spacial score (nSPS) is 13.8. The zero-order valence-corrected chi connectivity index (χ0v) is 12.8. The van der Waals surface area contributed by atoms with Gasteiger partial charge in [0.15, 0.2) is 0 Å². The van der Waals surface area contributed by atoms with Crippen molar-refractivity contribution in [3.05, 3.63) is 34.9 Å². The number of sulfonamides is 1. The molecule has 0 radical (unpaired) electrons. The van der Waals surface area contributed by atoms with Crippen LogP contribution in [0.5, 0.6) is 0 Å². The van der Waals surface area contributed by atoms with Gasteiger partial charge in [0.1, 0.15) is 0 Å². The Morgan fingerprint density at radius 2 is 2.06 bits per heavy atom. The number of benzene rings is 1. The van der Waals surface area contributed by atoms with Crippen molar-refractivity contribution in [2.45, 2.75) is 13.5 Å². The molecule has 0 aliphatic carbocycles. The number of hydrogen-bond acceptors (Lipinski definition) is 2. The fraction of sp³-hybridized carbons (Fsp3) is 0.500. The Balaban J connectivity index is 2.73. The molecule has 0 saturated carbocycles. The molecule has 0 aliphatic heterocycles. The summed E-state index contributed by atoms with van der Waals surface area (Å²) in [4.78, 5) is 0. The first-order chi connectivity index (χ1) is 8.35. The second-order valence-electron chi connectivity index (χ2n) is 4.42. The molecule has 6 heteroatoms. The van der Waals surface area contributed by atoms with E-state index in [-0.39, 0.29) is 11.7 Å². The van der Waals surface area contributed by atoms with Crippen LogP contribution in [0.2, 0.25) is 5.02 Å². The summed E-state index contributed by atoms with van der Waals surface area (Å²) in [7, 11) is -1.71. The SMILES string of the molecule is CC(CCl)CS(=O)(=O)N(C)Cc1cccc(Cl)c1. The Hall–Kier alpha value is -0.290. The lowest BCUT2D eigenvalue weighted by Crippen LogP contribution is -2.31. The van der Waals surface area contributed by atoms with E-state index in [2.05, 4.69) is 0 Å². The maximum Gasteiger partial charge on any atom is 0.214 e. The van der Waals surface area contributed by atoms with Crippen LogP contribution >= 0.6 is 23.2 Å². The minimum absolute atomic E-state index is 0.0570. The van der Waals surface area contributed by atoms with E-state index >= 15 is 0 Å². The van der Waals surface area contributed by atoms with Crippen molar-refractivity contribution in [3.63, 3.8) is 0 Å². The van der Waals surface area contributed by atoms with Crippen LogP contribution < -0.4 is 0 Å². The van der Waals surface area contributed by atoms with Crippen LogP contribution in [0.3, 0.4) is 0 Å². The lowest BCUT2D eigenvalue weighted by molar-refractivity contribution is 0.460. The van der Waals surface area contributed by atoms with Gasteiger partial charge in [-0.1, -0.05) is 30.7 Å². The molecule has 0 bridgehead atoms. The molecule has 0 amide bonds. The first kappa shape index (κ1) is 15.8. The predicted octanol–water partition coefficient (Wildman–Crippen LogP) is 2.98. The van der Waals surface area contributed by atoms with Gasteiger partial charge in [-0.3, -0.25) is 0 Å². The summed E-state index contributed by atoms with van der Waals surface area (Å²) in [5.41, 5.74) is 0.868. The van der Waals surface area contributed by atoms with E-state index in [9.17, 15) is 8.42 Å². The third-order valence-electron chi connectivity index (χ3n) is 2.53. The molecule has 0 fully saturated rings. The van der Waals surface area contributed by atoms with Gasteiger partial charge >= 0.3 is 0 Å². The molecule has 1 unspecified atom stereocenters. The smallest absolute Gasteiger partial charge is 0.212 e. The lowest BCUT2D eigenvalue weighted by atomic mass is 10.2. The summed E-state index contributed by atoms with van der Waals surface area (Å²) in [6.07, 6.45) is 0. The van der Waals surface area contributed by atoms with Crippen LogP contribution in [0.25, 0.3) is 0 Å². The van der Waals surface area contributed by atoms with E-state index in [1.54, 1.807) is 25.2 Å². The second kappa shape index (κ2) is 6.75. The average molecular weight is 310 g/mol. The molecule has 1 aromatic rings. The highest BCUT2D eigenvalue weighted by Crippen LogP contribution is 2.15. The van der Waals surface area contributed by atoms with Crippen molar-refractivity contribution >= 4 is 33.2 Å². The summed E-state index contributed by atoms with van der Waals surface area (Å²) in [6.45, 7) is 2.13. The van der Waals surface area contributed by atoms with Crippen LogP contribution in [0.1, 0.15) is 12.5 Å². The number of alkyl halides is 1. The van der Waals surface area contributed by atoms with Gasteiger partial charge in [0.05, 0.1) is 5.75 Å². The Morgan fingerprint density at radius 3 is 2.61 bits per heavy atom. The first-order valence-corrected chi connectivity index (χ1v) is 8.11.